The van der Waals surface area contributed by atoms with Crippen LogP contribution in [0, 0.1) is 17.1 Å². The first-order valence-corrected chi connectivity index (χ1v) is 5.58. The van der Waals surface area contributed by atoms with Crippen molar-refractivity contribution in [2.24, 2.45) is 0 Å². The maximum absolute atomic E-state index is 13.6. The molecule has 0 fully saturated rings. The molecule has 0 radical (unpaired) electrons. The van der Waals surface area contributed by atoms with Gasteiger partial charge in [0.05, 0.1) is 11.6 Å². The summed E-state index contributed by atoms with van der Waals surface area (Å²) < 4.78 is 13.6. The fourth-order valence-electron chi connectivity index (χ4n) is 1.72. The van der Waals surface area contributed by atoms with Crippen molar-refractivity contribution in [3.63, 3.8) is 0 Å². The maximum atomic E-state index is 13.6. The summed E-state index contributed by atoms with van der Waals surface area (Å²) >= 11 is 0. The van der Waals surface area contributed by atoms with E-state index in [2.05, 4.69) is 10.3 Å². The van der Waals surface area contributed by atoms with Crippen molar-refractivity contribution in [3.05, 3.63) is 59.5 Å². The van der Waals surface area contributed by atoms with Gasteiger partial charge < -0.3 is 5.32 Å². The number of anilines is 1. The van der Waals surface area contributed by atoms with Crippen LogP contribution in [-0.2, 0) is 0 Å². The van der Waals surface area contributed by atoms with Crippen molar-refractivity contribution in [2.75, 3.05) is 5.32 Å². The Morgan fingerprint density at radius 3 is 2.78 bits per heavy atom. The number of pyridine rings is 1. The van der Waals surface area contributed by atoms with E-state index in [4.69, 9.17) is 5.26 Å². The van der Waals surface area contributed by atoms with Crippen LogP contribution >= 0.6 is 0 Å². The third-order valence-electron chi connectivity index (χ3n) is 2.65. The molecule has 0 aliphatic rings. The minimum Gasteiger partial charge on any atom is -0.362 e. The van der Waals surface area contributed by atoms with Crippen LogP contribution < -0.4 is 5.32 Å². The first-order chi connectivity index (χ1) is 8.72. The van der Waals surface area contributed by atoms with E-state index in [0.717, 1.165) is 0 Å². The molecule has 1 N–H and O–H groups in total. The van der Waals surface area contributed by atoms with Gasteiger partial charge in [-0.1, -0.05) is 18.2 Å². The summed E-state index contributed by atoms with van der Waals surface area (Å²) in [5, 5.41) is 12.0. The van der Waals surface area contributed by atoms with E-state index in [9.17, 15) is 4.39 Å². The van der Waals surface area contributed by atoms with Crippen LogP contribution in [0.1, 0.15) is 24.1 Å². The molecule has 0 unspecified atom stereocenters. The summed E-state index contributed by atoms with van der Waals surface area (Å²) in [6, 6.07) is 11.7. The molecule has 1 heterocycles. The van der Waals surface area contributed by atoms with Gasteiger partial charge in [0.1, 0.15) is 17.7 Å². The number of halogens is 1. The second kappa shape index (κ2) is 5.28. The lowest BCUT2D eigenvalue weighted by molar-refractivity contribution is 0.600. The average molecular weight is 241 g/mol. The highest BCUT2D eigenvalue weighted by atomic mass is 19.1. The van der Waals surface area contributed by atoms with Crippen LogP contribution in [0.3, 0.4) is 0 Å². The van der Waals surface area contributed by atoms with Gasteiger partial charge in [-0.2, -0.15) is 5.26 Å². The van der Waals surface area contributed by atoms with Gasteiger partial charge in [0.2, 0.25) is 0 Å². The molecule has 4 heteroatoms. The van der Waals surface area contributed by atoms with Crippen LogP contribution in [0.15, 0.2) is 42.6 Å². The fourth-order valence-corrected chi connectivity index (χ4v) is 1.72. The Hall–Kier alpha value is -2.41. The molecule has 1 aromatic heterocycles. The van der Waals surface area contributed by atoms with Crippen molar-refractivity contribution in [2.45, 2.75) is 13.0 Å². The smallest absolute Gasteiger partial charge is 0.144 e. The maximum Gasteiger partial charge on any atom is 0.144 e. The fraction of sp³-hybridized carbons (Fsp3) is 0.143. The summed E-state index contributed by atoms with van der Waals surface area (Å²) in [6.07, 6.45) is 1.59. The molecule has 0 spiro atoms. The van der Waals surface area contributed by atoms with E-state index in [1.54, 1.807) is 36.5 Å². The largest absolute Gasteiger partial charge is 0.362 e. The zero-order valence-electron chi connectivity index (χ0n) is 9.89. The lowest BCUT2D eigenvalue weighted by atomic mass is 10.1. The summed E-state index contributed by atoms with van der Waals surface area (Å²) in [4.78, 5) is 4.09. The van der Waals surface area contributed by atoms with Crippen LogP contribution in [-0.4, -0.2) is 4.98 Å². The second-order valence-electron chi connectivity index (χ2n) is 3.90. The number of rotatable bonds is 3. The topological polar surface area (TPSA) is 48.7 Å². The Kier molecular flexibility index (Phi) is 3.54. The van der Waals surface area contributed by atoms with Crippen LogP contribution in [0.25, 0.3) is 0 Å². The Morgan fingerprint density at radius 1 is 1.28 bits per heavy atom. The molecule has 3 nitrogen and oxygen atoms in total. The molecule has 0 saturated heterocycles. The van der Waals surface area contributed by atoms with Crippen LogP contribution in [0.2, 0.25) is 0 Å². The van der Waals surface area contributed by atoms with Crippen molar-refractivity contribution < 1.29 is 4.39 Å². The molecule has 1 atom stereocenters. The van der Waals surface area contributed by atoms with Crippen molar-refractivity contribution in [1.29, 1.82) is 5.26 Å². The Morgan fingerprint density at radius 2 is 2.06 bits per heavy atom. The number of aromatic nitrogens is 1. The van der Waals surface area contributed by atoms with E-state index in [-0.39, 0.29) is 11.9 Å². The highest BCUT2D eigenvalue weighted by Crippen LogP contribution is 2.21. The van der Waals surface area contributed by atoms with E-state index < -0.39 is 0 Å². The normalized spacial score (nSPS) is 11.6. The first kappa shape index (κ1) is 12.1. The number of hydrogen-bond acceptors (Lipinski definition) is 3. The van der Waals surface area contributed by atoms with Gasteiger partial charge in [-0.3, -0.25) is 0 Å². The molecule has 0 bridgehead atoms. The Balaban J connectivity index is 2.25. The van der Waals surface area contributed by atoms with E-state index in [1.165, 1.54) is 6.07 Å². The second-order valence-corrected chi connectivity index (χ2v) is 3.90. The Bertz CT molecular complexity index is 590. The van der Waals surface area contributed by atoms with Gasteiger partial charge in [-0.25, -0.2) is 9.37 Å². The lowest BCUT2D eigenvalue weighted by Crippen LogP contribution is -2.10. The molecular weight excluding hydrogens is 229 g/mol. The quantitative estimate of drug-likeness (QED) is 0.897. The van der Waals surface area contributed by atoms with E-state index in [1.807, 2.05) is 13.0 Å². The van der Waals surface area contributed by atoms with Gasteiger partial charge in [-0.05, 0) is 25.1 Å². The van der Waals surface area contributed by atoms with Crippen LogP contribution in [0.4, 0.5) is 10.2 Å². The summed E-state index contributed by atoms with van der Waals surface area (Å²) in [7, 11) is 0. The van der Waals surface area contributed by atoms with Crippen molar-refractivity contribution in [3.8, 4) is 6.07 Å². The zero-order chi connectivity index (χ0) is 13.0. The van der Waals surface area contributed by atoms with Crippen LogP contribution in [0.5, 0.6) is 0 Å². The minimum atomic E-state index is -0.271. The van der Waals surface area contributed by atoms with Gasteiger partial charge in [0.15, 0.2) is 0 Å². The molecule has 0 aliphatic heterocycles. The molecule has 1 aromatic carbocycles. The molecule has 90 valence electrons. The first-order valence-electron chi connectivity index (χ1n) is 5.58. The predicted molar refractivity (Wildman–Crippen MR) is 67.4 cm³/mol. The standard InChI is InChI=1S/C14H12FN3/c1-10(12-6-2-3-7-13(12)15)18-14-11(9-16)5-4-8-17-14/h2-8,10H,1H3,(H,17,18)/t10-/m1/s1. The monoisotopic (exact) mass is 241 g/mol. The molecule has 2 aromatic rings. The minimum absolute atomic E-state index is 0.256. The lowest BCUT2D eigenvalue weighted by Gasteiger charge is -2.16. The van der Waals surface area contributed by atoms with Gasteiger partial charge in [0, 0.05) is 11.8 Å². The molecule has 0 aliphatic carbocycles. The predicted octanol–water partition coefficient (Wildman–Crippen LogP) is 3.27. The van der Waals surface area contributed by atoms with E-state index in [0.29, 0.717) is 16.9 Å². The van der Waals surface area contributed by atoms with Gasteiger partial charge in [0.25, 0.3) is 0 Å². The zero-order valence-corrected chi connectivity index (χ0v) is 9.89. The third kappa shape index (κ3) is 2.46. The molecule has 0 amide bonds. The third-order valence-corrected chi connectivity index (χ3v) is 2.65. The number of benzene rings is 1. The summed E-state index contributed by atoms with van der Waals surface area (Å²) in [5.74, 6) is 0.197. The van der Waals surface area contributed by atoms with Crippen molar-refractivity contribution in [1.82, 2.24) is 4.98 Å². The highest BCUT2D eigenvalue weighted by molar-refractivity contribution is 5.52. The summed E-state index contributed by atoms with van der Waals surface area (Å²) in [5.41, 5.74) is 0.993. The number of nitrogens with zero attached hydrogens (tertiary/aromatic N) is 2. The number of hydrogen-bond donors (Lipinski definition) is 1. The molecule has 18 heavy (non-hydrogen) atoms. The Labute approximate surface area is 105 Å². The van der Waals surface area contributed by atoms with Gasteiger partial charge in [-0.15, -0.1) is 0 Å². The highest BCUT2D eigenvalue weighted by Gasteiger charge is 2.12. The molecule has 0 saturated carbocycles. The number of nitriles is 1. The van der Waals surface area contributed by atoms with Gasteiger partial charge >= 0.3 is 0 Å². The van der Waals surface area contributed by atoms with Crippen molar-refractivity contribution >= 4 is 5.82 Å². The summed E-state index contributed by atoms with van der Waals surface area (Å²) in [6.45, 7) is 1.83. The SMILES string of the molecule is C[C@@H](Nc1ncccc1C#N)c1ccccc1F. The average Bonchev–Trinajstić information content (AvgIpc) is 2.39. The number of nitrogens with one attached hydrogen (secondary N) is 1. The molecule has 2 rings (SSSR count). The molecular formula is C14H12FN3. The van der Waals surface area contributed by atoms with E-state index >= 15 is 0 Å².